The minimum atomic E-state index is -4.56. The van der Waals surface area contributed by atoms with Crippen LogP contribution in [0, 0.1) is 5.92 Å². The van der Waals surface area contributed by atoms with Crippen molar-refractivity contribution in [2.45, 2.75) is 38.8 Å². The normalized spacial score (nSPS) is 15.4. The molecule has 0 saturated carbocycles. The zero-order valence-electron chi connectivity index (χ0n) is 15.4. The van der Waals surface area contributed by atoms with Gasteiger partial charge >= 0.3 is 6.18 Å². The van der Waals surface area contributed by atoms with Gasteiger partial charge in [-0.15, -0.1) is 0 Å². The van der Waals surface area contributed by atoms with Crippen molar-refractivity contribution < 1.29 is 22.8 Å². The molecule has 1 aromatic carbocycles. The van der Waals surface area contributed by atoms with Crippen molar-refractivity contribution in [1.29, 1.82) is 0 Å². The number of carbonyl (C=O) groups is 2. The predicted octanol–water partition coefficient (Wildman–Crippen LogP) is 3.27. The van der Waals surface area contributed by atoms with E-state index in [1.807, 2.05) is 0 Å². The Morgan fingerprint density at radius 2 is 1.89 bits per heavy atom. The SMILES string of the molecule is CCN(CC(=O)Nc1ccccc1C(F)(F)F)C(=O)CCC1CCNCC1. The Morgan fingerprint density at radius 1 is 1.22 bits per heavy atom. The fourth-order valence-corrected chi connectivity index (χ4v) is 3.23. The van der Waals surface area contributed by atoms with Crippen LogP contribution in [0.1, 0.15) is 38.2 Å². The van der Waals surface area contributed by atoms with Crippen LogP contribution in [0.4, 0.5) is 18.9 Å². The summed E-state index contributed by atoms with van der Waals surface area (Å²) in [6.07, 6.45) is -1.36. The Hall–Kier alpha value is -2.09. The molecule has 2 amide bonds. The summed E-state index contributed by atoms with van der Waals surface area (Å²) in [5.74, 6) is -0.277. The maximum atomic E-state index is 13.0. The Labute approximate surface area is 157 Å². The first kappa shape index (κ1) is 21.2. The molecule has 0 spiro atoms. The molecule has 0 radical (unpaired) electrons. The number of likely N-dealkylation sites (N-methyl/N-ethyl adjacent to an activating group) is 1. The first-order valence-electron chi connectivity index (χ1n) is 9.25. The van der Waals surface area contributed by atoms with Gasteiger partial charge in [-0.2, -0.15) is 13.2 Å². The summed E-state index contributed by atoms with van der Waals surface area (Å²) in [5, 5.41) is 5.55. The largest absolute Gasteiger partial charge is 0.418 e. The maximum absolute atomic E-state index is 13.0. The van der Waals surface area contributed by atoms with Gasteiger partial charge in [0.05, 0.1) is 17.8 Å². The monoisotopic (exact) mass is 385 g/mol. The molecule has 1 saturated heterocycles. The van der Waals surface area contributed by atoms with Crippen LogP contribution < -0.4 is 10.6 Å². The molecular weight excluding hydrogens is 359 g/mol. The van der Waals surface area contributed by atoms with Crippen LogP contribution in [-0.4, -0.2) is 42.9 Å². The second kappa shape index (κ2) is 9.73. The summed E-state index contributed by atoms with van der Waals surface area (Å²) in [6.45, 7) is 3.74. The van der Waals surface area contributed by atoms with E-state index in [9.17, 15) is 22.8 Å². The van der Waals surface area contributed by atoms with Crippen LogP contribution in [0.3, 0.4) is 0 Å². The minimum Gasteiger partial charge on any atom is -0.334 e. The molecule has 0 unspecified atom stereocenters. The summed E-state index contributed by atoms with van der Waals surface area (Å²) in [5.41, 5.74) is -1.20. The van der Waals surface area contributed by atoms with E-state index in [1.54, 1.807) is 6.92 Å². The van der Waals surface area contributed by atoms with E-state index in [0.717, 1.165) is 38.4 Å². The molecule has 2 rings (SSSR count). The van der Waals surface area contributed by atoms with Crippen LogP contribution in [-0.2, 0) is 15.8 Å². The van der Waals surface area contributed by atoms with Crippen molar-refractivity contribution >= 4 is 17.5 Å². The van der Waals surface area contributed by atoms with Gasteiger partial charge in [0.2, 0.25) is 11.8 Å². The van der Waals surface area contributed by atoms with Gasteiger partial charge in [0.15, 0.2) is 0 Å². The predicted molar refractivity (Wildman–Crippen MR) is 97.2 cm³/mol. The Balaban J connectivity index is 1.90. The zero-order chi connectivity index (χ0) is 19.9. The standard InChI is InChI=1S/C19H26F3N3O2/c1-2-25(18(27)8-7-14-9-11-23-12-10-14)13-17(26)24-16-6-4-3-5-15(16)19(20,21)22/h3-6,14,23H,2,7-13H2,1H3,(H,24,26). The molecule has 0 atom stereocenters. The van der Waals surface area contributed by atoms with Gasteiger partial charge in [-0.1, -0.05) is 12.1 Å². The highest BCUT2D eigenvalue weighted by atomic mass is 19.4. The van der Waals surface area contributed by atoms with Crippen LogP contribution >= 0.6 is 0 Å². The molecule has 1 aliphatic heterocycles. The van der Waals surface area contributed by atoms with Crippen LogP contribution in [0.5, 0.6) is 0 Å². The number of carbonyl (C=O) groups excluding carboxylic acids is 2. The van der Waals surface area contributed by atoms with E-state index in [0.29, 0.717) is 18.9 Å². The highest BCUT2D eigenvalue weighted by molar-refractivity contribution is 5.95. The van der Waals surface area contributed by atoms with Gasteiger partial charge in [-0.25, -0.2) is 0 Å². The fraction of sp³-hybridized carbons (Fsp3) is 0.579. The molecule has 1 aliphatic rings. The van der Waals surface area contributed by atoms with Crippen molar-refractivity contribution in [3.63, 3.8) is 0 Å². The van der Waals surface area contributed by atoms with E-state index < -0.39 is 17.6 Å². The summed E-state index contributed by atoms with van der Waals surface area (Å²) in [6, 6.07) is 4.81. The number of anilines is 1. The second-order valence-corrected chi connectivity index (χ2v) is 6.73. The molecule has 150 valence electrons. The number of para-hydroxylation sites is 1. The number of piperidine rings is 1. The van der Waals surface area contributed by atoms with E-state index in [4.69, 9.17) is 0 Å². The van der Waals surface area contributed by atoms with E-state index >= 15 is 0 Å². The van der Waals surface area contributed by atoms with E-state index in [2.05, 4.69) is 10.6 Å². The molecule has 1 aromatic rings. The lowest BCUT2D eigenvalue weighted by molar-refractivity contribution is -0.137. The van der Waals surface area contributed by atoms with Crippen molar-refractivity contribution in [2.75, 3.05) is 31.5 Å². The Kier molecular flexibility index (Phi) is 7.65. The molecule has 27 heavy (non-hydrogen) atoms. The Morgan fingerprint density at radius 3 is 2.52 bits per heavy atom. The minimum absolute atomic E-state index is 0.143. The van der Waals surface area contributed by atoms with E-state index in [-0.39, 0.29) is 18.1 Å². The third kappa shape index (κ3) is 6.53. The smallest absolute Gasteiger partial charge is 0.334 e. The van der Waals surface area contributed by atoms with Crippen molar-refractivity contribution in [1.82, 2.24) is 10.2 Å². The maximum Gasteiger partial charge on any atom is 0.418 e. The van der Waals surface area contributed by atoms with Crippen LogP contribution in [0.2, 0.25) is 0 Å². The van der Waals surface area contributed by atoms with Gasteiger partial charge in [-0.05, 0) is 57.3 Å². The third-order valence-electron chi connectivity index (χ3n) is 4.80. The quantitative estimate of drug-likeness (QED) is 0.757. The molecule has 2 N–H and O–H groups in total. The lowest BCUT2D eigenvalue weighted by atomic mass is 9.93. The van der Waals surface area contributed by atoms with Crippen molar-refractivity contribution in [2.24, 2.45) is 5.92 Å². The summed E-state index contributed by atoms with van der Waals surface area (Å²) in [4.78, 5) is 26.0. The van der Waals surface area contributed by atoms with Crippen molar-refractivity contribution in [3.05, 3.63) is 29.8 Å². The van der Waals surface area contributed by atoms with Crippen LogP contribution in [0.25, 0.3) is 0 Å². The van der Waals surface area contributed by atoms with Gasteiger partial charge in [0.1, 0.15) is 0 Å². The van der Waals surface area contributed by atoms with Gasteiger partial charge < -0.3 is 15.5 Å². The van der Waals surface area contributed by atoms with Crippen molar-refractivity contribution in [3.8, 4) is 0 Å². The number of benzene rings is 1. The van der Waals surface area contributed by atoms with Crippen LogP contribution in [0.15, 0.2) is 24.3 Å². The molecule has 0 bridgehead atoms. The number of alkyl halides is 3. The molecule has 5 nitrogen and oxygen atoms in total. The lowest BCUT2D eigenvalue weighted by Gasteiger charge is -2.25. The summed E-state index contributed by atoms with van der Waals surface area (Å²) < 4.78 is 39.0. The average molecular weight is 385 g/mol. The number of amides is 2. The molecule has 1 fully saturated rings. The topological polar surface area (TPSA) is 61.4 Å². The number of nitrogens with one attached hydrogen (secondary N) is 2. The first-order chi connectivity index (χ1) is 12.8. The first-order valence-corrected chi connectivity index (χ1v) is 9.25. The third-order valence-corrected chi connectivity index (χ3v) is 4.80. The highest BCUT2D eigenvalue weighted by Crippen LogP contribution is 2.34. The summed E-state index contributed by atoms with van der Waals surface area (Å²) in [7, 11) is 0. The number of halogens is 3. The fourth-order valence-electron chi connectivity index (χ4n) is 3.23. The number of hydrogen-bond acceptors (Lipinski definition) is 3. The average Bonchev–Trinajstić information content (AvgIpc) is 2.64. The zero-order valence-corrected chi connectivity index (χ0v) is 15.4. The molecule has 0 aliphatic carbocycles. The Bertz CT molecular complexity index is 643. The van der Waals surface area contributed by atoms with Gasteiger partial charge in [0.25, 0.3) is 0 Å². The van der Waals surface area contributed by atoms with Gasteiger partial charge in [-0.3, -0.25) is 9.59 Å². The molecular formula is C19H26F3N3O2. The highest BCUT2D eigenvalue weighted by Gasteiger charge is 2.33. The molecule has 8 heteroatoms. The lowest BCUT2D eigenvalue weighted by Crippen LogP contribution is -2.38. The number of hydrogen-bond donors (Lipinski definition) is 2. The second-order valence-electron chi connectivity index (χ2n) is 6.73. The van der Waals surface area contributed by atoms with E-state index in [1.165, 1.54) is 23.1 Å². The number of nitrogens with zero attached hydrogens (tertiary/aromatic N) is 1. The molecule has 1 heterocycles. The summed E-state index contributed by atoms with van der Waals surface area (Å²) >= 11 is 0. The molecule has 0 aromatic heterocycles. The number of rotatable bonds is 7. The van der Waals surface area contributed by atoms with Gasteiger partial charge in [0, 0.05) is 13.0 Å².